The van der Waals surface area contributed by atoms with Gasteiger partial charge in [0.1, 0.15) is 11.8 Å². The van der Waals surface area contributed by atoms with Gasteiger partial charge in [-0.3, -0.25) is 14.4 Å². The molecule has 0 aliphatic carbocycles. The molecule has 0 spiro atoms. The van der Waals surface area contributed by atoms with Crippen LogP contribution >= 0.6 is 11.8 Å². The highest BCUT2D eigenvalue weighted by Gasteiger charge is 2.34. The molecule has 3 amide bonds. The van der Waals surface area contributed by atoms with E-state index in [9.17, 15) is 27.6 Å². The van der Waals surface area contributed by atoms with Gasteiger partial charge in [-0.25, -0.2) is 0 Å². The molecule has 1 atom stereocenters. The SMILES string of the molecule is C=CCN(CC(F)(F)F)C(=O)c1cccc(NC(=O)CC2SC(N3CCCCC3)=NC2=O)c1. The number of thioether (sulfide) groups is 1. The standard InChI is InChI=1S/C22H25F3N4O3S/c1-2-9-29(14-22(23,24)25)20(32)15-7-6-8-16(12-15)26-18(30)13-17-19(31)27-21(33-17)28-10-4-3-5-11-28/h2,6-8,12,17H,1,3-5,9-11,13-14H2,(H,26,30). The summed E-state index contributed by atoms with van der Waals surface area (Å²) in [5.41, 5.74) is 0.255. The molecule has 7 nitrogen and oxygen atoms in total. The lowest BCUT2D eigenvalue weighted by Gasteiger charge is -2.27. The minimum absolute atomic E-state index is 0.000867. The van der Waals surface area contributed by atoms with Crippen LogP contribution in [0.2, 0.25) is 0 Å². The summed E-state index contributed by atoms with van der Waals surface area (Å²) in [5, 5.41) is 2.64. The highest BCUT2D eigenvalue weighted by molar-refractivity contribution is 8.15. The van der Waals surface area contributed by atoms with Gasteiger partial charge in [-0.2, -0.15) is 18.2 Å². The highest BCUT2D eigenvalue weighted by Crippen LogP contribution is 2.29. The van der Waals surface area contributed by atoms with Crippen molar-refractivity contribution in [1.29, 1.82) is 0 Å². The number of aliphatic imine (C=N–C) groups is 1. The molecule has 2 aliphatic rings. The normalized spacial score (nSPS) is 18.6. The lowest BCUT2D eigenvalue weighted by atomic mass is 10.1. The summed E-state index contributed by atoms with van der Waals surface area (Å²) in [6.45, 7) is 3.40. The van der Waals surface area contributed by atoms with Crippen LogP contribution in [0.4, 0.5) is 18.9 Å². The maximum absolute atomic E-state index is 12.8. The third kappa shape index (κ3) is 7.08. The molecule has 33 heavy (non-hydrogen) atoms. The van der Waals surface area contributed by atoms with Gasteiger partial charge in [0, 0.05) is 37.3 Å². The topological polar surface area (TPSA) is 82.1 Å². The highest BCUT2D eigenvalue weighted by atomic mass is 32.2. The summed E-state index contributed by atoms with van der Waals surface area (Å²) >= 11 is 1.28. The molecule has 2 aliphatic heterocycles. The molecule has 178 valence electrons. The molecule has 1 aromatic carbocycles. The quantitative estimate of drug-likeness (QED) is 0.600. The number of benzene rings is 1. The van der Waals surface area contributed by atoms with E-state index < -0.39 is 29.8 Å². The van der Waals surface area contributed by atoms with Crippen LogP contribution in [0, 0.1) is 0 Å². The van der Waals surface area contributed by atoms with Gasteiger partial charge in [0.2, 0.25) is 5.91 Å². The van der Waals surface area contributed by atoms with Crippen molar-refractivity contribution in [3.63, 3.8) is 0 Å². The molecular formula is C22H25F3N4O3S. The molecule has 0 saturated carbocycles. The second-order valence-corrected chi connectivity index (χ2v) is 8.98. The Balaban J connectivity index is 1.59. The number of carbonyl (C=O) groups is 3. The zero-order valence-electron chi connectivity index (χ0n) is 17.9. The Morgan fingerprint density at radius 3 is 2.67 bits per heavy atom. The number of anilines is 1. The number of hydrogen-bond donors (Lipinski definition) is 1. The van der Waals surface area contributed by atoms with Gasteiger partial charge >= 0.3 is 6.18 Å². The number of piperidine rings is 1. The van der Waals surface area contributed by atoms with Crippen molar-refractivity contribution in [2.45, 2.75) is 37.1 Å². The molecule has 11 heteroatoms. The number of nitrogens with one attached hydrogen (secondary N) is 1. The first-order chi connectivity index (χ1) is 15.7. The monoisotopic (exact) mass is 482 g/mol. The first-order valence-electron chi connectivity index (χ1n) is 10.6. The van der Waals surface area contributed by atoms with E-state index in [0.717, 1.165) is 32.4 Å². The Labute approximate surface area is 194 Å². The third-order valence-corrected chi connectivity index (χ3v) is 6.34. The lowest BCUT2D eigenvalue weighted by molar-refractivity contribution is -0.139. The number of amidine groups is 1. The Morgan fingerprint density at radius 2 is 2.00 bits per heavy atom. The number of halogens is 3. The van der Waals surface area contributed by atoms with Crippen LogP contribution in [0.1, 0.15) is 36.0 Å². The Kier molecular flexibility index (Phi) is 8.17. The van der Waals surface area contributed by atoms with E-state index in [4.69, 9.17) is 0 Å². The van der Waals surface area contributed by atoms with E-state index in [1.807, 2.05) is 0 Å². The number of amides is 3. The van der Waals surface area contributed by atoms with Gasteiger partial charge in [-0.15, -0.1) is 6.58 Å². The molecule has 0 aromatic heterocycles. The predicted octanol–water partition coefficient (Wildman–Crippen LogP) is 3.69. The Hall–Kier alpha value is -2.82. The van der Waals surface area contributed by atoms with Gasteiger partial charge in [0.15, 0.2) is 5.17 Å². The van der Waals surface area contributed by atoms with E-state index >= 15 is 0 Å². The lowest BCUT2D eigenvalue weighted by Crippen LogP contribution is -2.39. The molecule has 1 aromatic rings. The van der Waals surface area contributed by atoms with Crippen LogP contribution in [0.25, 0.3) is 0 Å². The smallest absolute Gasteiger partial charge is 0.351 e. The fourth-order valence-corrected chi connectivity index (χ4v) is 4.73. The van der Waals surface area contributed by atoms with Gasteiger partial charge in [0.05, 0.1) is 0 Å². The summed E-state index contributed by atoms with van der Waals surface area (Å²) < 4.78 is 38.4. The molecule has 0 radical (unpaired) electrons. The van der Waals surface area contributed by atoms with Crippen molar-refractivity contribution in [3.8, 4) is 0 Å². The number of hydrogen-bond acceptors (Lipinski definition) is 5. The fraction of sp³-hybridized carbons (Fsp3) is 0.455. The first-order valence-corrected chi connectivity index (χ1v) is 11.5. The zero-order chi connectivity index (χ0) is 24.0. The van der Waals surface area contributed by atoms with Gasteiger partial charge in [0.25, 0.3) is 11.8 Å². The van der Waals surface area contributed by atoms with Crippen LogP contribution in [-0.4, -0.2) is 70.3 Å². The first kappa shape index (κ1) is 24.8. The predicted molar refractivity (Wildman–Crippen MR) is 121 cm³/mol. The maximum Gasteiger partial charge on any atom is 0.406 e. The summed E-state index contributed by atoms with van der Waals surface area (Å²) in [4.78, 5) is 44.1. The average Bonchev–Trinajstić information content (AvgIpc) is 3.13. The maximum atomic E-state index is 12.8. The van der Waals surface area contributed by atoms with Crippen molar-refractivity contribution in [2.75, 3.05) is 31.5 Å². The summed E-state index contributed by atoms with van der Waals surface area (Å²) in [7, 11) is 0. The minimum atomic E-state index is -4.55. The van der Waals surface area contributed by atoms with Crippen molar-refractivity contribution < 1.29 is 27.6 Å². The van der Waals surface area contributed by atoms with Crippen LogP contribution in [0.3, 0.4) is 0 Å². The second kappa shape index (κ2) is 10.9. The van der Waals surface area contributed by atoms with Crippen molar-refractivity contribution in [1.82, 2.24) is 9.80 Å². The molecule has 1 fully saturated rings. The van der Waals surface area contributed by atoms with Crippen LogP contribution in [0.5, 0.6) is 0 Å². The number of rotatable bonds is 7. The second-order valence-electron chi connectivity index (χ2n) is 7.81. The summed E-state index contributed by atoms with van der Waals surface area (Å²) in [6, 6.07) is 5.68. The van der Waals surface area contributed by atoms with Gasteiger partial charge in [-0.1, -0.05) is 23.9 Å². The molecule has 1 unspecified atom stereocenters. The van der Waals surface area contributed by atoms with Crippen LogP contribution in [-0.2, 0) is 9.59 Å². The van der Waals surface area contributed by atoms with E-state index in [0.29, 0.717) is 10.1 Å². The van der Waals surface area contributed by atoms with E-state index in [-0.39, 0.29) is 30.1 Å². The number of alkyl halides is 3. The van der Waals surface area contributed by atoms with Crippen molar-refractivity contribution in [2.24, 2.45) is 4.99 Å². The molecule has 1 N–H and O–H groups in total. The van der Waals surface area contributed by atoms with Gasteiger partial charge in [-0.05, 0) is 37.5 Å². The van der Waals surface area contributed by atoms with E-state index in [2.05, 4.69) is 21.8 Å². The fourth-order valence-electron chi connectivity index (χ4n) is 3.61. The third-order valence-electron chi connectivity index (χ3n) is 5.13. The molecule has 2 heterocycles. The van der Waals surface area contributed by atoms with E-state index in [1.54, 1.807) is 0 Å². The molecule has 0 bridgehead atoms. The Morgan fingerprint density at radius 1 is 1.27 bits per heavy atom. The van der Waals surface area contributed by atoms with Gasteiger partial charge < -0.3 is 15.1 Å². The van der Waals surface area contributed by atoms with Crippen molar-refractivity contribution >= 4 is 40.3 Å². The molecule has 3 rings (SSSR count). The summed E-state index contributed by atoms with van der Waals surface area (Å²) in [5.74, 6) is -1.63. The van der Waals surface area contributed by atoms with Crippen LogP contribution in [0.15, 0.2) is 41.9 Å². The molecular weight excluding hydrogens is 457 g/mol. The minimum Gasteiger partial charge on any atom is -0.351 e. The zero-order valence-corrected chi connectivity index (χ0v) is 18.8. The Bertz CT molecular complexity index is 945. The van der Waals surface area contributed by atoms with Crippen LogP contribution < -0.4 is 5.32 Å². The number of likely N-dealkylation sites (tertiary alicyclic amines) is 1. The molecule has 1 saturated heterocycles. The number of nitrogens with zero attached hydrogens (tertiary/aromatic N) is 3. The number of carbonyl (C=O) groups excluding carboxylic acids is 3. The van der Waals surface area contributed by atoms with Crippen molar-refractivity contribution in [3.05, 3.63) is 42.5 Å². The average molecular weight is 483 g/mol. The largest absolute Gasteiger partial charge is 0.406 e. The summed E-state index contributed by atoms with van der Waals surface area (Å²) in [6.07, 6.45) is -0.199. The van der Waals surface area contributed by atoms with E-state index in [1.165, 1.54) is 42.1 Å².